The lowest BCUT2D eigenvalue weighted by Gasteiger charge is -2.39. The van der Waals surface area contributed by atoms with Gasteiger partial charge in [-0.2, -0.15) is 13.2 Å². The van der Waals surface area contributed by atoms with Crippen molar-refractivity contribution in [3.8, 4) is 11.5 Å². The molecule has 1 fully saturated rings. The highest BCUT2D eigenvalue weighted by Gasteiger charge is 2.41. The molecule has 0 bridgehead atoms. The van der Waals surface area contributed by atoms with Crippen LogP contribution >= 0.6 is 0 Å². The molecular weight excluding hydrogens is 513 g/mol. The van der Waals surface area contributed by atoms with Crippen molar-refractivity contribution < 1.29 is 41.0 Å². The van der Waals surface area contributed by atoms with E-state index in [1.807, 2.05) is 0 Å². The normalized spacial score (nSPS) is 19.6. The number of nitrogens with zero attached hydrogens (tertiary/aromatic N) is 2. The van der Waals surface area contributed by atoms with Crippen LogP contribution in [0.3, 0.4) is 0 Å². The summed E-state index contributed by atoms with van der Waals surface area (Å²) in [6.45, 7) is 2.62. The van der Waals surface area contributed by atoms with Crippen molar-refractivity contribution in [1.29, 1.82) is 0 Å². The van der Waals surface area contributed by atoms with E-state index < -0.39 is 42.1 Å². The first kappa shape index (κ1) is 27.4. The molecule has 0 radical (unpaired) electrons. The summed E-state index contributed by atoms with van der Waals surface area (Å²) in [5.41, 5.74) is 0.400. The zero-order valence-electron chi connectivity index (χ0n) is 20.5. The number of alkyl halides is 3. The summed E-state index contributed by atoms with van der Waals surface area (Å²) < 4.78 is 82.2. The molecule has 1 amide bonds. The minimum Gasteiger partial charge on any atom is -0.488 e. The molecule has 0 saturated carbocycles. The first-order chi connectivity index (χ1) is 18.1. The molecule has 12 heteroatoms. The van der Waals surface area contributed by atoms with E-state index in [9.17, 15) is 22.8 Å². The van der Waals surface area contributed by atoms with Gasteiger partial charge in [-0.3, -0.25) is 14.5 Å². The number of amides is 1. The molecular formula is C26H26F5N3O4. The van der Waals surface area contributed by atoms with Gasteiger partial charge in [0.25, 0.3) is 6.47 Å². The number of anilines is 1. The highest BCUT2D eigenvalue weighted by Crippen LogP contribution is 2.44. The summed E-state index contributed by atoms with van der Waals surface area (Å²) >= 11 is 0. The number of benzene rings is 2. The number of ether oxygens (including phenoxy) is 2. The number of likely N-dealkylation sites (tertiary alicyclic amines) is 1. The Kier molecular flexibility index (Phi) is 7.91. The molecule has 2 aliphatic rings. The molecule has 2 aliphatic heterocycles. The number of carbonyl (C=O) groups is 2. The fourth-order valence-electron chi connectivity index (χ4n) is 5.09. The van der Waals surface area contributed by atoms with Crippen molar-refractivity contribution in [2.75, 3.05) is 38.5 Å². The van der Waals surface area contributed by atoms with E-state index in [2.05, 4.69) is 11.9 Å². The Hall–Kier alpha value is -3.67. The van der Waals surface area contributed by atoms with Crippen molar-refractivity contribution in [2.45, 2.75) is 31.2 Å². The Morgan fingerprint density at radius 1 is 1.21 bits per heavy atom. The van der Waals surface area contributed by atoms with Gasteiger partial charge in [0, 0.05) is 49.8 Å². The maximum absolute atomic E-state index is 15.5. The first-order valence-corrected chi connectivity index (χ1v) is 11.9. The topological polar surface area (TPSA) is 71.1 Å². The second-order valence-electron chi connectivity index (χ2n) is 9.03. The molecule has 204 valence electrons. The van der Waals surface area contributed by atoms with E-state index in [1.165, 1.54) is 17.0 Å². The molecule has 2 atom stereocenters. The lowest BCUT2D eigenvalue weighted by molar-refractivity contribution is -0.150. The van der Waals surface area contributed by atoms with Gasteiger partial charge < -0.3 is 19.7 Å². The largest absolute Gasteiger partial charge is 0.488 e. The molecule has 2 heterocycles. The number of carbonyl (C=O) groups excluding carboxylic acids is 2. The first-order valence-electron chi connectivity index (χ1n) is 11.9. The average molecular weight is 540 g/mol. The Bertz CT molecular complexity index is 1210. The number of halogens is 5. The van der Waals surface area contributed by atoms with Crippen LogP contribution in [0.15, 0.2) is 36.9 Å². The smallest absolute Gasteiger partial charge is 0.401 e. The van der Waals surface area contributed by atoms with Gasteiger partial charge in [0.1, 0.15) is 23.5 Å². The number of hydrogen-bond donors (Lipinski definition) is 1. The highest BCUT2D eigenvalue weighted by molar-refractivity contribution is 5.87. The average Bonchev–Trinajstić information content (AvgIpc) is 3.32. The Labute approximate surface area is 215 Å². The van der Waals surface area contributed by atoms with E-state index in [-0.39, 0.29) is 49.0 Å². The molecule has 0 aliphatic carbocycles. The van der Waals surface area contributed by atoms with E-state index in [4.69, 9.17) is 9.47 Å². The maximum Gasteiger partial charge on any atom is 0.401 e. The minimum atomic E-state index is -4.63. The summed E-state index contributed by atoms with van der Waals surface area (Å²) in [4.78, 5) is 25.4. The third-order valence-corrected chi connectivity index (χ3v) is 6.68. The summed E-state index contributed by atoms with van der Waals surface area (Å²) in [5, 5.41) is 2.84. The van der Waals surface area contributed by atoms with Crippen LogP contribution in [0.2, 0.25) is 0 Å². The van der Waals surface area contributed by atoms with Crippen molar-refractivity contribution in [1.82, 2.24) is 9.80 Å². The maximum atomic E-state index is 15.5. The van der Waals surface area contributed by atoms with E-state index >= 15 is 8.78 Å². The van der Waals surface area contributed by atoms with E-state index in [0.717, 1.165) is 23.1 Å². The fourth-order valence-corrected chi connectivity index (χ4v) is 5.09. The molecule has 1 saturated heterocycles. The molecule has 38 heavy (non-hydrogen) atoms. The van der Waals surface area contributed by atoms with Gasteiger partial charge in [0.2, 0.25) is 5.91 Å². The van der Waals surface area contributed by atoms with Gasteiger partial charge >= 0.3 is 6.18 Å². The van der Waals surface area contributed by atoms with Crippen LogP contribution in [0, 0.1) is 11.6 Å². The van der Waals surface area contributed by atoms with Gasteiger partial charge in [-0.25, -0.2) is 8.78 Å². The van der Waals surface area contributed by atoms with Crippen LogP contribution < -0.4 is 14.8 Å². The van der Waals surface area contributed by atoms with Crippen LogP contribution in [0.25, 0.3) is 0 Å². The van der Waals surface area contributed by atoms with Crippen LogP contribution in [0.5, 0.6) is 11.5 Å². The summed E-state index contributed by atoms with van der Waals surface area (Å²) in [5.74, 6) is -2.51. The summed E-state index contributed by atoms with van der Waals surface area (Å²) in [7, 11) is 1.57. The van der Waals surface area contributed by atoms with Crippen molar-refractivity contribution >= 4 is 18.1 Å². The standard InChI is InChI=1S/C26H26F5N3O4/c1-3-22(36)33-8-6-15(12-33)38-16-10-19(27)23(20(28)11-16)24-17-4-5-21(32-2)25(37-14-35)18(17)7-9-34(24)13-26(29,30)31/h3-5,10-11,14-15,24,32H,1,6-9,12-13H2,2H3. The third-order valence-electron chi connectivity index (χ3n) is 6.68. The Morgan fingerprint density at radius 3 is 2.53 bits per heavy atom. The molecule has 1 N–H and O–H groups in total. The van der Waals surface area contributed by atoms with Gasteiger partial charge in [-0.1, -0.05) is 12.6 Å². The lowest BCUT2D eigenvalue weighted by atomic mass is 9.86. The van der Waals surface area contributed by atoms with E-state index in [0.29, 0.717) is 24.2 Å². The van der Waals surface area contributed by atoms with Gasteiger partial charge in [0.15, 0.2) is 5.75 Å². The van der Waals surface area contributed by atoms with Crippen LogP contribution in [0.1, 0.15) is 29.2 Å². The molecule has 0 spiro atoms. The fraction of sp³-hybridized carbons (Fsp3) is 0.385. The molecule has 2 aromatic carbocycles. The number of hydrogen-bond acceptors (Lipinski definition) is 6. The summed E-state index contributed by atoms with van der Waals surface area (Å²) in [6.07, 6.45) is -3.48. The van der Waals surface area contributed by atoms with Crippen molar-refractivity contribution in [3.63, 3.8) is 0 Å². The minimum absolute atomic E-state index is 0.0622. The number of fused-ring (bicyclic) bond motifs is 1. The van der Waals surface area contributed by atoms with Crippen LogP contribution in [0.4, 0.5) is 27.6 Å². The quantitative estimate of drug-likeness (QED) is 0.308. The van der Waals surface area contributed by atoms with Crippen molar-refractivity contribution in [2.24, 2.45) is 0 Å². The van der Waals surface area contributed by atoms with Crippen molar-refractivity contribution in [3.05, 3.63) is 65.2 Å². The lowest BCUT2D eigenvalue weighted by Crippen LogP contribution is -2.42. The molecule has 7 nitrogen and oxygen atoms in total. The second-order valence-corrected chi connectivity index (χ2v) is 9.03. The predicted molar refractivity (Wildman–Crippen MR) is 128 cm³/mol. The Balaban J connectivity index is 1.73. The van der Waals surface area contributed by atoms with Crippen LogP contribution in [-0.2, 0) is 16.0 Å². The van der Waals surface area contributed by atoms with Crippen LogP contribution in [-0.4, -0.2) is 67.7 Å². The zero-order valence-corrected chi connectivity index (χ0v) is 20.5. The van der Waals surface area contributed by atoms with Gasteiger partial charge in [0.05, 0.1) is 24.8 Å². The van der Waals surface area contributed by atoms with E-state index in [1.54, 1.807) is 7.05 Å². The highest BCUT2D eigenvalue weighted by atomic mass is 19.4. The predicted octanol–water partition coefficient (Wildman–Crippen LogP) is 4.22. The monoisotopic (exact) mass is 539 g/mol. The molecule has 2 aromatic rings. The third kappa shape index (κ3) is 5.59. The zero-order chi connectivity index (χ0) is 27.6. The Morgan fingerprint density at radius 2 is 1.92 bits per heavy atom. The molecule has 0 aromatic heterocycles. The van der Waals surface area contributed by atoms with Gasteiger partial charge in [-0.15, -0.1) is 0 Å². The SMILES string of the molecule is C=CC(=O)N1CCC(Oc2cc(F)c(C3c4ccc(NC)c(OC=O)c4CCN3CC(F)(F)F)c(F)c2)C1. The summed E-state index contributed by atoms with van der Waals surface area (Å²) in [6, 6.07) is 3.37. The van der Waals surface area contributed by atoms with Gasteiger partial charge in [-0.05, 0) is 24.1 Å². The molecule has 2 unspecified atom stereocenters. The number of nitrogens with one attached hydrogen (secondary N) is 1. The molecule has 4 rings (SSSR count). The second kappa shape index (κ2) is 11.0. The number of rotatable bonds is 8.